The minimum atomic E-state index is -0.252. The van der Waals surface area contributed by atoms with E-state index in [1.165, 1.54) is 0 Å². The molecule has 0 fully saturated rings. The van der Waals surface area contributed by atoms with E-state index in [9.17, 15) is 4.79 Å². The Morgan fingerprint density at radius 2 is 2.55 bits per heavy atom. The lowest BCUT2D eigenvalue weighted by Crippen LogP contribution is -2.13. The van der Waals surface area contributed by atoms with E-state index in [1.807, 2.05) is 6.08 Å². The largest absolute Gasteiger partial charge is 0.393 e. The molecule has 1 rings (SSSR count). The third-order valence-electron chi connectivity index (χ3n) is 1.96. The first kappa shape index (κ1) is 8.47. The number of rotatable bonds is 2. The van der Waals surface area contributed by atoms with Gasteiger partial charge in [0.05, 0.1) is 6.10 Å². The van der Waals surface area contributed by atoms with Crippen molar-refractivity contribution >= 4 is 5.78 Å². The Morgan fingerprint density at radius 1 is 1.82 bits per heavy atom. The van der Waals surface area contributed by atoms with Crippen LogP contribution in [0.3, 0.4) is 0 Å². The molecule has 11 heavy (non-hydrogen) atoms. The molecule has 0 bridgehead atoms. The van der Waals surface area contributed by atoms with Gasteiger partial charge in [-0.15, -0.1) is 0 Å². The lowest BCUT2D eigenvalue weighted by molar-refractivity contribution is -0.115. The van der Waals surface area contributed by atoms with E-state index >= 15 is 0 Å². The van der Waals surface area contributed by atoms with Crippen LogP contribution in [-0.4, -0.2) is 17.0 Å². The van der Waals surface area contributed by atoms with Gasteiger partial charge >= 0.3 is 0 Å². The molecule has 1 aliphatic rings. The molecule has 0 heterocycles. The van der Waals surface area contributed by atoms with Crippen LogP contribution in [-0.2, 0) is 4.79 Å². The Morgan fingerprint density at radius 3 is 3.00 bits per heavy atom. The minimum absolute atomic E-state index is 0.215. The number of ketones is 1. The van der Waals surface area contributed by atoms with Crippen molar-refractivity contribution < 1.29 is 9.90 Å². The van der Waals surface area contributed by atoms with Gasteiger partial charge in [0, 0.05) is 6.42 Å². The summed E-state index contributed by atoms with van der Waals surface area (Å²) in [5.74, 6) is 0.625. The quantitative estimate of drug-likeness (QED) is 0.650. The number of carbonyl (C=O) groups is 1. The Balaban J connectivity index is 2.38. The molecule has 1 N–H and O–H groups in total. The molecule has 0 amide bonds. The number of hydrogen-bond donors (Lipinski definition) is 1. The fraction of sp³-hybridized carbons (Fsp3) is 0.667. The smallest absolute Gasteiger partial charge is 0.155 e. The molecule has 0 aromatic rings. The highest BCUT2D eigenvalue weighted by Gasteiger charge is 2.14. The van der Waals surface area contributed by atoms with Crippen molar-refractivity contribution in [3.63, 3.8) is 0 Å². The molecule has 0 saturated carbocycles. The van der Waals surface area contributed by atoms with E-state index in [0.717, 1.165) is 12.8 Å². The highest BCUT2D eigenvalue weighted by Crippen LogP contribution is 2.19. The average Bonchev–Trinajstić information content (AvgIpc) is 1.93. The Hall–Kier alpha value is -0.630. The fourth-order valence-electron chi connectivity index (χ4n) is 1.39. The fourth-order valence-corrected chi connectivity index (χ4v) is 1.39. The van der Waals surface area contributed by atoms with Crippen molar-refractivity contribution in [2.45, 2.75) is 32.3 Å². The predicted octanol–water partition coefficient (Wildman–Crippen LogP) is 1.29. The van der Waals surface area contributed by atoms with E-state index in [2.05, 4.69) is 0 Å². The van der Waals surface area contributed by atoms with Crippen LogP contribution in [0.15, 0.2) is 12.2 Å². The van der Waals surface area contributed by atoms with Crippen molar-refractivity contribution in [3.8, 4) is 0 Å². The van der Waals surface area contributed by atoms with Crippen LogP contribution in [0.1, 0.15) is 26.2 Å². The number of allylic oxidation sites excluding steroid dienone is 2. The van der Waals surface area contributed by atoms with Crippen molar-refractivity contribution in [1.29, 1.82) is 0 Å². The molecule has 1 aliphatic carbocycles. The lowest BCUT2D eigenvalue weighted by Gasteiger charge is -2.16. The molecule has 2 nitrogen and oxygen atoms in total. The van der Waals surface area contributed by atoms with Gasteiger partial charge in [-0.2, -0.15) is 0 Å². The molecule has 0 aliphatic heterocycles. The zero-order valence-electron chi connectivity index (χ0n) is 6.79. The number of carbonyl (C=O) groups excluding carboxylic acids is 1. The van der Waals surface area contributed by atoms with Gasteiger partial charge in [0.25, 0.3) is 0 Å². The summed E-state index contributed by atoms with van der Waals surface area (Å²) < 4.78 is 0. The minimum Gasteiger partial charge on any atom is -0.393 e. The summed E-state index contributed by atoms with van der Waals surface area (Å²) in [5.41, 5.74) is 0. The molecule has 2 heteroatoms. The average molecular weight is 154 g/mol. The second kappa shape index (κ2) is 3.67. The summed E-state index contributed by atoms with van der Waals surface area (Å²) in [6.45, 7) is 1.78. The standard InChI is InChI=1S/C9H14O2/c1-7(10)6-8-2-4-9(11)5-3-8/h2,4,7-8,10H,3,5-6H2,1H3. The second-order valence-corrected chi connectivity index (χ2v) is 3.21. The summed E-state index contributed by atoms with van der Waals surface area (Å²) in [6.07, 6.45) is 5.63. The number of aliphatic hydroxyl groups excluding tert-OH is 1. The predicted molar refractivity (Wildman–Crippen MR) is 43.2 cm³/mol. The molecule has 0 spiro atoms. The first-order valence-electron chi connectivity index (χ1n) is 4.07. The van der Waals surface area contributed by atoms with Crippen LogP contribution in [0.25, 0.3) is 0 Å². The van der Waals surface area contributed by atoms with Crippen LogP contribution in [0.5, 0.6) is 0 Å². The van der Waals surface area contributed by atoms with Crippen molar-refractivity contribution in [3.05, 3.63) is 12.2 Å². The van der Waals surface area contributed by atoms with Crippen LogP contribution < -0.4 is 0 Å². The van der Waals surface area contributed by atoms with Crippen molar-refractivity contribution in [2.24, 2.45) is 5.92 Å². The molecule has 0 aromatic carbocycles. The zero-order chi connectivity index (χ0) is 8.27. The van der Waals surface area contributed by atoms with Gasteiger partial charge in [0.1, 0.15) is 0 Å². The molecular weight excluding hydrogens is 140 g/mol. The van der Waals surface area contributed by atoms with Gasteiger partial charge in [0.2, 0.25) is 0 Å². The van der Waals surface area contributed by atoms with Gasteiger partial charge < -0.3 is 5.11 Å². The Kier molecular flexibility index (Phi) is 2.83. The van der Waals surface area contributed by atoms with E-state index in [-0.39, 0.29) is 11.9 Å². The van der Waals surface area contributed by atoms with Crippen LogP contribution in [0.4, 0.5) is 0 Å². The summed E-state index contributed by atoms with van der Waals surface area (Å²) in [5, 5.41) is 9.05. The van der Waals surface area contributed by atoms with Gasteiger partial charge in [-0.3, -0.25) is 4.79 Å². The van der Waals surface area contributed by atoms with E-state index in [0.29, 0.717) is 12.3 Å². The lowest BCUT2D eigenvalue weighted by atomic mass is 9.91. The second-order valence-electron chi connectivity index (χ2n) is 3.21. The first-order valence-corrected chi connectivity index (χ1v) is 4.07. The zero-order valence-corrected chi connectivity index (χ0v) is 6.79. The Bertz CT molecular complexity index is 170. The highest BCUT2D eigenvalue weighted by molar-refractivity contribution is 5.90. The topological polar surface area (TPSA) is 37.3 Å². The van der Waals surface area contributed by atoms with Crippen molar-refractivity contribution in [1.82, 2.24) is 0 Å². The number of aliphatic hydroxyl groups is 1. The molecule has 0 radical (unpaired) electrons. The Labute approximate surface area is 66.9 Å². The molecule has 0 saturated heterocycles. The maximum absolute atomic E-state index is 10.7. The summed E-state index contributed by atoms with van der Waals surface area (Å²) in [4.78, 5) is 10.7. The van der Waals surface area contributed by atoms with Gasteiger partial charge in [0.15, 0.2) is 5.78 Å². The third kappa shape index (κ3) is 2.85. The summed E-state index contributed by atoms with van der Waals surface area (Å²) in [6, 6.07) is 0. The van der Waals surface area contributed by atoms with E-state index in [1.54, 1.807) is 13.0 Å². The van der Waals surface area contributed by atoms with Crippen LogP contribution >= 0.6 is 0 Å². The summed E-state index contributed by atoms with van der Waals surface area (Å²) >= 11 is 0. The molecular formula is C9H14O2. The monoisotopic (exact) mass is 154 g/mol. The van der Waals surface area contributed by atoms with Gasteiger partial charge in [-0.05, 0) is 31.8 Å². The highest BCUT2D eigenvalue weighted by atomic mass is 16.3. The maximum Gasteiger partial charge on any atom is 0.155 e. The molecule has 0 aromatic heterocycles. The van der Waals surface area contributed by atoms with Crippen LogP contribution in [0, 0.1) is 5.92 Å². The molecule has 62 valence electrons. The molecule has 2 unspecified atom stereocenters. The van der Waals surface area contributed by atoms with E-state index in [4.69, 9.17) is 5.11 Å². The first-order chi connectivity index (χ1) is 5.18. The number of hydrogen-bond acceptors (Lipinski definition) is 2. The molecule has 2 atom stereocenters. The third-order valence-corrected chi connectivity index (χ3v) is 1.96. The SMILES string of the molecule is CC(O)CC1C=CC(=O)CC1. The van der Waals surface area contributed by atoms with Gasteiger partial charge in [-0.25, -0.2) is 0 Å². The van der Waals surface area contributed by atoms with Gasteiger partial charge in [-0.1, -0.05) is 6.08 Å². The van der Waals surface area contributed by atoms with E-state index < -0.39 is 0 Å². The normalized spacial score (nSPS) is 27.1. The van der Waals surface area contributed by atoms with Crippen LogP contribution in [0.2, 0.25) is 0 Å². The maximum atomic E-state index is 10.7. The van der Waals surface area contributed by atoms with Crippen molar-refractivity contribution in [2.75, 3.05) is 0 Å². The summed E-state index contributed by atoms with van der Waals surface area (Å²) in [7, 11) is 0.